The number of carbonyl (C=O) groups excluding carboxylic acids is 8. The molecule has 5 amide bonds. The average molecular weight is 1810 g/mol. The molecule has 9 heterocycles. The number of likely N-dealkylation sites (tertiary alicyclic amines) is 1. The van der Waals surface area contributed by atoms with E-state index in [2.05, 4.69) is 103 Å². The molecular weight excluding hydrogens is 1720 g/mol. The number of nitrogens with zero attached hydrogens (tertiary/aromatic N) is 17. The Morgan fingerprint density at radius 3 is 0.970 bits per heavy atom. The van der Waals surface area contributed by atoms with Crippen LogP contribution in [0.15, 0.2) is 147 Å². The van der Waals surface area contributed by atoms with Gasteiger partial charge < -0.3 is 61.1 Å². The van der Waals surface area contributed by atoms with Gasteiger partial charge in [-0.25, -0.2) is 57.8 Å². The number of nitrogens with one attached hydrogen (secondary N) is 8. The number of anilines is 12. The fraction of sp³-hybridized carbons (Fsp3) is 0.355. The van der Waals surface area contributed by atoms with Crippen molar-refractivity contribution in [1.82, 2.24) is 83.9 Å². The Kier molecular flexibility index (Phi) is 26.7. The highest BCUT2D eigenvalue weighted by Crippen LogP contribution is 2.52. The van der Waals surface area contributed by atoms with Gasteiger partial charge >= 0.3 is 6.03 Å². The zero-order valence-corrected chi connectivity index (χ0v) is 74.5. The van der Waals surface area contributed by atoms with Crippen LogP contribution >= 0.6 is 0 Å². The minimum absolute atomic E-state index is 0.00549. The Hall–Kier alpha value is -15.4. The first-order chi connectivity index (χ1) is 64.1. The van der Waals surface area contributed by atoms with Crippen molar-refractivity contribution >= 4 is 116 Å². The SMILES string of the molecule is COc1c(Nc2cc(NC(=O)C3CC3)ncc2C(=O)C(C)C)cccc1-c1ncn(C)n1.COc1c(Nc2cc(NC(=O)C3CC3)ncc2C(=O)C2CC2(F)F)cccc1-c1ncn(C)n1.COc1c(Nc2cc(NC(=O)C3CC3)ncc2C(=O)C2CC2F)cccc1-c1ncn(C)n1.COc1c(Nc2cc(NC(=O)N3CCCC3)ncc2C(=O)C2CC2)cccc1-c1ncn(C)n1. The van der Waals surface area contributed by atoms with E-state index in [-0.39, 0.29) is 99.7 Å². The number of amides is 5. The molecule has 37 nitrogen and oxygen atoms in total. The van der Waals surface area contributed by atoms with Gasteiger partial charge in [0, 0.05) is 126 Å². The Morgan fingerprint density at radius 2 is 0.692 bits per heavy atom. The van der Waals surface area contributed by atoms with E-state index in [1.807, 2.05) is 62.4 Å². The molecule has 1 aliphatic heterocycles. The number of pyridine rings is 4. The number of benzene rings is 4. The molecule has 7 aliphatic rings. The number of methoxy groups -OCH3 is 4. The number of hydrogen-bond donors (Lipinski definition) is 8. The first-order valence-corrected chi connectivity index (χ1v) is 43.5. The molecule has 0 radical (unpaired) electrons. The molecule has 12 aromatic rings. The van der Waals surface area contributed by atoms with Crippen LogP contribution in [0.4, 0.5) is 86.7 Å². The van der Waals surface area contributed by atoms with Gasteiger partial charge in [-0.15, -0.1) is 0 Å². The van der Waals surface area contributed by atoms with Crippen molar-refractivity contribution in [2.24, 2.45) is 69.6 Å². The van der Waals surface area contributed by atoms with Crippen molar-refractivity contribution in [1.29, 1.82) is 0 Å². The molecule has 6 saturated carbocycles. The fourth-order valence-corrected chi connectivity index (χ4v) is 14.9. The molecule has 0 spiro atoms. The maximum absolute atomic E-state index is 13.6. The predicted octanol–water partition coefficient (Wildman–Crippen LogP) is 15.0. The summed E-state index contributed by atoms with van der Waals surface area (Å²) < 4.78 is 69.9. The molecular formula is C93H98F3N25O12. The Balaban J connectivity index is 0.000000129. The molecule has 688 valence electrons. The van der Waals surface area contributed by atoms with E-state index in [4.69, 9.17) is 18.9 Å². The maximum atomic E-state index is 13.6. The van der Waals surface area contributed by atoms with Gasteiger partial charge in [0.15, 0.2) is 69.4 Å². The zero-order valence-electron chi connectivity index (χ0n) is 74.5. The summed E-state index contributed by atoms with van der Waals surface area (Å²) in [6, 6.07) is 28.1. The predicted molar refractivity (Wildman–Crippen MR) is 487 cm³/mol. The number of alkyl halides is 3. The summed E-state index contributed by atoms with van der Waals surface area (Å²) in [5.74, 6) is -1.30. The van der Waals surface area contributed by atoms with Gasteiger partial charge in [-0.2, -0.15) is 20.4 Å². The zero-order chi connectivity index (χ0) is 93.6. The number of carbonyl (C=O) groups is 8. The van der Waals surface area contributed by atoms with Crippen LogP contribution in [0.25, 0.3) is 45.6 Å². The minimum Gasteiger partial charge on any atom is -0.494 e. The molecule has 3 atom stereocenters. The van der Waals surface area contributed by atoms with Crippen LogP contribution in [-0.2, 0) is 42.6 Å². The molecule has 0 bridgehead atoms. The lowest BCUT2D eigenvalue weighted by Crippen LogP contribution is -2.32. The largest absolute Gasteiger partial charge is 0.494 e. The number of urea groups is 1. The van der Waals surface area contributed by atoms with E-state index in [0.717, 1.165) is 82.9 Å². The second-order valence-corrected chi connectivity index (χ2v) is 33.7. The number of aryl methyl sites for hydroxylation is 4. The summed E-state index contributed by atoms with van der Waals surface area (Å²) in [6.45, 7) is 5.15. The second-order valence-electron chi connectivity index (χ2n) is 33.7. The topological polar surface area (TPSA) is 447 Å². The van der Waals surface area contributed by atoms with Gasteiger partial charge in [-0.1, -0.05) is 38.1 Å². The van der Waals surface area contributed by atoms with Gasteiger partial charge in [0.05, 0.1) is 130 Å². The lowest BCUT2D eigenvalue weighted by atomic mass is 10.0. The first-order valence-electron chi connectivity index (χ1n) is 43.5. The number of rotatable bonds is 31. The average Bonchev–Trinajstić information content (AvgIpc) is 1.63. The number of hydrogen-bond acceptors (Lipinski definition) is 28. The van der Waals surface area contributed by atoms with E-state index < -0.39 is 36.1 Å². The van der Waals surface area contributed by atoms with E-state index in [9.17, 15) is 51.5 Å². The molecule has 6 aliphatic carbocycles. The normalized spacial score (nSPS) is 16.5. The van der Waals surface area contributed by atoms with E-state index in [0.29, 0.717) is 131 Å². The van der Waals surface area contributed by atoms with Gasteiger partial charge in [-0.3, -0.25) is 57.6 Å². The summed E-state index contributed by atoms with van der Waals surface area (Å²) in [7, 11) is 13.3. The van der Waals surface area contributed by atoms with Crippen LogP contribution in [0, 0.1) is 41.4 Å². The molecule has 133 heavy (non-hydrogen) atoms. The van der Waals surface area contributed by atoms with E-state index >= 15 is 0 Å². The molecule has 8 aromatic heterocycles. The number of Topliss-reactive ketones (excluding diaryl/α,β-unsaturated/α-hetero) is 4. The van der Waals surface area contributed by atoms with Crippen LogP contribution in [0.2, 0.25) is 0 Å². The smallest absolute Gasteiger partial charge is 0.323 e. The summed E-state index contributed by atoms with van der Waals surface area (Å²) in [5, 5.41) is 41.6. The summed E-state index contributed by atoms with van der Waals surface area (Å²) in [6.07, 6.45) is 19.5. The Labute approximate surface area is 761 Å². The fourth-order valence-electron chi connectivity index (χ4n) is 14.9. The van der Waals surface area contributed by atoms with Crippen LogP contribution in [0.5, 0.6) is 23.0 Å². The molecule has 4 aromatic carbocycles. The third-order valence-electron chi connectivity index (χ3n) is 22.9. The Morgan fingerprint density at radius 1 is 0.398 bits per heavy atom. The van der Waals surface area contributed by atoms with Crippen molar-refractivity contribution in [2.75, 3.05) is 84.1 Å². The van der Waals surface area contributed by atoms with Gasteiger partial charge in [0.2, 0.25) is 17.7 Å². The Bertz CT molecular complexity index is 6450. The van der Waals surface area contributed by atoms with Crippen LogP contribution in [0.1, 0.15) is 132 Å². The highest BCUT2D eigenvalue weighted by Gasteiger charge is 2.61. The van der Waals surface area contributed by atoms with Crippen molar-refractivity contribution in [3.05, 3.63) is 169 Å². The lowest BCUT2D eigenvalue weighted by Gasteiger charge is -2.18. The van der Waals surface area contributed by atoms with Gasteiger partial charge in [0.25, 0.3) is 5.92 Å². The minimum atomic E-state index is -3.02. The van der Waals surface area contributed by atoms with Gasteiger partial charge in [0.1, 0.15) is 54.8 Å². The molecule has 19 rings (SSSR count). The molecule has 3 unspecified atom stereocenters. The van der Waals surface area contributed by atoms with Crippen molar-refractivity contribution in [2.45, 2.75) is 103 Å². The molecule has 1 saturated heterocycles. The van der Waals surface area contributed by atoms with Crippen molar-refractivity contribution in [3.8, 4) is 68.5 Å². The van der Waals surface area contributed by atoms with Crippen molar-refractivity contribution in [3.63, 3.8) is 0 Å². The monoisotopic (exact) mass is 1810 g/mol. The van der Waals surface area contributed by atoms with Crippen LogP contribution < -0.4 is 61.5 Å². The number of aromatic nitrogens is 16. The lowest BCUT2D eigenvalue weighted by molar-refractivity contribution is -0.118. The summed E-state index contributed by atoms with van der Waals surface area (Å²) in [4.78, 5) is 137. The number of ether oxygens (including phenoxy) is 4. The standard InChI is InChI=1S/C24H27N7O3.C23H22F2N6O3.C23H23FN6O3.C23H26N6O3/c1-30-14-26-23(29-30)16-6-5-7-18(22(16)34-2)27-19-12-20(28-24(33)31-10-3-4-11-31)25-13-17(19)21(32)15-8-9-15;1-31-11-27-21(30-31)13-4-3-5-16(20(13)34-2)28-17-8-18(29-22(33)12-6-7-12)26-10-14(17)19(32)15-9-23(15,24)25;1-30-11-26-22(29-30)13-4-3-5-17(21(13)33-2)27-18-9-19(28-23(32)12-6-7-12)25-10-15(18)20(31)14-8-16(14)24;1-13(2)20(30)16-11-24-19(27-23(31)14-8-9-14)10-18(16)26-17-7-5-6-15(21(17)32-4)22-25-12-29(3)28-22/h5-7,12-15H,3-4,8-11H2,1-2H3,(H2,25,27,28,33);3-5,8,10-12,15H,6-7,9H2,1-2H3,(H2,26,28,29,33);3-5,9-12,14,16H,6-8H2,1-2H3,(H2,25,27,28,32);5-7,10-14H,8-9H2,1-4H3,(H2,24,26,27,31). The number of para-hydroxylation sites is 4. The quantitative estimate of drug-likeness (QED) is 0.0187. The maximum Gasteiger partial charge on any atom is 0.323 e. The highest BCUT2D eigenvalue weighted by atomic mass is 19.3. The van der Waals surface area contributed by atoms with E-state index in [1.165, 1.54) is 38.9 Å². The van der Waals surface area contributed by atoms with Crippen LogP contribution in [0.3, 0.4) is 0 Å². The van der Waals surface area contributed by atoms with Crippen molar-refractivity contribution < 1.29 is 70.5 Å². The second kappa shape index (κ2) is 39.1. The number of ketones is 4. The van der Waals surface area contributed by atoms with Crippen LogP contribution in [-0.4, -0.2) is 184 Å². The summed E-state index contributed by atoms with van der Waals surface area (Å²) >= 11 is 0. The molecule has 7 fully saturated rings. The third kappa shape index (κ3) is 21.5. The summed E-state index contributed by atoms with van der Waals surface area (Å²) in [5.41, 5.74) is 7.96. The third-order valence-corrected chi connectivity index (χ3v) is 22.9. The van der Waals surface area contributed by atoms with E-state index in [1.54, 1.807) is 140 Å². The number of halogens is 3. The molecule has 8 N–H and O–H groups in total. The first kappa shape index (κ1) is 90.9. The molecule has 40 heteroatoms. The highest BCUT2D eigenvalue weighted by molar-refractivity contribution is 6.09. The van der Waals surface area contributed by atoms with Gasteiger partial charge in [-0.05, 0) is 119 Å².